The number of nitrogens with zero attached hydrogens (tertiary/aromatic N) is 3. The van der Waals surface area contributed by atoms with E-state index in [1.165, 1.54) is 6.20 Å². The summed E-state index contributed by atoms with van der Waals surface area (Å²) >= 11 is 11.8. The Morgan fingerprint density at radius 1 is 1.07 bits per heavy atom. The van der Waals surface area contributed by atoms with Crippen molar-refractivity contribution in [1.82, 2.24) is 25.8 Å². The summed E-state index contributed by atoms with van der Waals surface area (Å²) < 4.78 is 7.06. The number of nitrogens with one attached hydrogen (secondary N) is 2. The lowest BCUT2D eigenvalue weighted by Crippen LogP contribution is -2.41. The number of carbonyl (C=O) groups is 2. The molecule has 0 saturated heterocycles. The Balaban J connectivity index is 1.36. The van der Waals surface area contributed by atoms with Crippen LogP contribution in [-0.4, -0.2) is 33.4 Å². The first-order valence-electron chi connectivity index (χ1n) is 9.12. The molecule has 8 nitrogen and oxygen atoms in total. The molecule has 0 aliphatic rings. The first kappa shape index (κ1) is 21.6. The molecule has 30 heavy (non-hydrogen) atoms. The first-order valence-corrected chi connectivity index (χ1v) is 9.88. The van der Waals surface area contributed by atoms with Gasteiger partial charge in [-0.2, -0.15) is 0 Å². The predicted molar refractivity (Wildman–Crippen MR) is 112 cm³/mol. The Morgan fingerprint density at radius 2 is 1.87 bits per heavy atom. The second kappa shape index (κ2) is 10.6. The van der Waals surface area contributed by atoms with E-state index in [1.807, 2.05) is 30.3 Å². The van der Waals surface area contributed by atoms with Gasteiger partial charge in [0.05, 0.1) is 24.4 Å². The van der Waals surface area contributed by atoms with Crippen molar-refractivity contribution in [2.45, 2.75) is 19.4 Å². The van der Waals surface area contributed by atoms with E-state index in [0.29, 0.717) is 28.8 Å². The summed E-state index contributed by atoms with van der Waals surface area (Å²) in [7, 11) is 0. The van der Waals surface area contributed by atoms with E-state index in [-0.39, 0.29) is 24.6 Å². The zero-order valence-electron chi connectivity index (χ0n) is 15.8. The number of hydrogen-bond acceptors (Lipinski definition) is 5. The van der Waals surface area contributed by atoms with Crippen molar-refractivity contribution >= 4 is 35.0 Å². The number of amides is 2. The Hall–Kier alpha value is -3.10. The second-order valence-corrected chi connectivity index (χ2v) is 7.16. The number of carbonyl (C=O) groups excluding carboxylic acids is 2. The van der Waals surface area contributed by atoms with E-state index in [9.17, 15) is 9.59 Å². The fourth-order valence-electron chi connectivity index (χ4n) is 2.51. The van der Waals surface area contributed by atoms with Gasteiger partial charge >= 0.3 is 0 Å². The lowest BCUT2D eigenvalue weighted by atomic mass is 10.2. The van der Waals surface area contributed by atoms with Crippen LogP contribution in [0.4, 0.5) is 0 Å². The van der Waals surface area contributed by atoms with Gasteiger partial charge < -0.3 is 4.74 Å². The third-order valence-electron chi connectivity index (χ3n) is 3.97. The average molecular weight is 448 g/mol. The summed E-state index contributed by atoms with van der Waals surface area (Å²) in [6.07, 6.45) is 2.11. The lowest BCUT2D eigenvalue weighted by molar-refractivity contribution is -0.122. The summed E-state index contributed by atoms with van der Waals surface area (Å²) in [6.45, 7) is 0.779. The molecule has 3 rings (SSSR count). The van der Waals surface area contributed by atoms with Crippen LogP contribution >= 0.6 is 23.2 Å². The van der Waals surface area contributed by atoms with Crippen LogP contribution in [-0.2, 0) is 11.3 Å². The van der Waals surface area contributed by atoms with Gasteiger partial charge in [0.15, 0.2) is 5.69 Å². The summed E-state index contributed by atoms with van der Waals surface area (Å²) in [5, 5.41) is 8.66. The molecule has 156 valence electrons. The minimum absolute atomic E-state index is 0.104. The maximum absolute atomic E-state index is 12.1. The van der Waals surface area contributed by atoms with Crippen LogP contribution in [0.2, 0.25) is 10.0 Å². The summed E-state index contributed by atoms with van der Waals surface area (Å²) in [6, 6.07) is 14.6. The molecule has 0 aliphatic heterocycles. The van der Waals surface area contributed by atoms with E-state index in [4.69, 9.17) is 27.9 Å². The van der Waals surface area contributed by atoms with Crippen LogP contribution < -0.4 is 15.6 Å². The largest absolute Gasteiger partial charge is 0.492 e. The summed E-state index contributed by atoms with van der Waals surface area (Å²) in [4.78, 5) is 24.0. The smallest absolute Gasteiger partial charge is 0.291 e. The van der Waals surface area contributed by atoms with Crippen LogP contribution in [0.5, 0.6) is 5.75 Å². The molecule has 0 fully saturated rings. The highest BCUT2D eigenvalue weighted by molar-refractivity contribution is 6.35. The Labute approximate surface area is 183 Å². The predicted octanol–water partition coefficient (Wildman–Crippen LogP) is 3.25. The Bertz CT molecular complexity index is 1010. The highest BCUT2D eigenvalue weighted by Crippen LogP contribution is 2.27. The van der Waals surface area contributed by atoms with Crippen LogP contribution in [0.15, 0.2) is 54.7 Å². The van der Waals surface area contributed by atoms with E-state index < -0.39 is 5.91 Å². The van der Waals surface area contributed by atoms with Crippen molar-refractivity contribution < 1.29 is 14.3 Å². The summed E-state index contributed by atoms with van der Waals surface area (Å²) in [5.41, 5.74) is 5.80. The number of aromatic nitrogens is 3. The monoisotopic (exact) mass is 447 g/mol. The quantitative estimate of drug-likeness (QED) is 0.407. The van der Waals surface area contributed by atoms with Crippen molar-refractivity contribution in [2.24, 2.45) is 0 Å². The molecule has 0 atom stereocenters. The minimum Gasteiger partial charge on any atom is -0.492 e. The van der Waals surface area contributed by atoms with E-state index in [0.717, 1.165) is 5.56 Å². The molecule has 3 aromatic rings. The van der Waals surface area contributed by atoms with Crippen LogP contribution in [0.25, 0.3) is 0 Å². The molecule has 10 heteroatoms. The number of hydrazine groups is 1. The fraction of sp³-hybridized carbons (Fsp3) is 0.200. The molecule has 2 amide bonds. The highest BCUT2D eigenvalue weighted by atomic mass is 35.5. The molecule has 0 radical (unpaired) electrons. The van der Waals surface area contributed by atoms with Crippen molar-refractivity contribution in [3.05, 3.63) is 76.0 Å². The number of hydrogen-bond donors (Lipinski definition) is 2. The Morgan fingerprint density at radius 3 is 2.63 bits per heavy atom. The van der Waals surface area contributed by atoms with Crippen molar-refractivity contribution in [3.8, 4) is 5.75 Å². The lowest BCUT2D eigenvalue weighted by Gasteiger charge is -2.08. The first-order chi connectivity index (χ1) is 14.5. The third-order valence-corrected chi connectivity index (χ3v) is 4.50. The van der Waals surface area contributed by atoms with Gasteiger partial charge in [-0.3, -0.25) is 20.4 Å². The molecule has 0 saturated carbocycles. The normalized spacial score (nSPS) is 10.5. The van der Waals surface area contributed by atoms with Crippen LogP contribution in [0.3, 0.4) is 0 Å². The second-order valence-electron chi connectivity index (χ2n) is 6.32. The molecule has 1 heterocycles. The molecule has 1 aromatic heterocycles. The number of rotatable bonds is 8. The van der Waals surface area contributed by atoms with E-state index in [1.54, 1.807) is 22.9 Å². The maximum atomic E-state index is 12.1. The van der Waals surface area contributed by atoms with Gasteiger partial charge in [-0.05, 0) is 30.2 Å². The van der Waals surface area contributed by atoms with Crippen LogP contribution in [0.1, 0.15) is 28.9 Å². The number of halogens is 2. The highest BCUT2D eigenvalue weighted by Gasteiger charge is 2.12. The van der Waals surface area contributed by atoms with Gasteiger partial charge in [-0.25, -0.2) is 4.68 Å². The zero-order valence-corrected chi connectivity index (χ0v) is 17.4. The zero-order chi connectivity index (χ0) is 21.3. The molecular weight excluding hydrogens is 429 g/mol. The molecule has 0 bridgehead atoms. The average Bonchev–Trinajstić information content (AvgIpc) is 3.20. The van der Waals surface area contributed by atoms with E-state index >= 15 is 0 Å². The molecule has 0 unspecified atom stereocenters. The van der Waals surface area contributed by atoms with Crippen molar-refractivity contribution in [3.63, 3.8) is 0 Å². The standard InChI is InChI=1S/C20H19Cl2N5O3/c21-15-8-9-18(16(22)11-15)30-10-4-7-19(28)24-25-20(29)17-13-27(26-23-17)12-14-5-2-1-3-6-14/h1-3,5-6,8-9,11,13H,4,7,10,12H2,(H,24,28)(H,25,29). The molecular formula is C20H19Cl2N5O3. The van der Waals surface area contributed by atoms with E-state index in [2.05, 4.69) is 21.2 Å². The fourth-order valence-corrected chi connectivity index (χ4v) is 2.97. The molecule has 2 N–H and O–H groups in total. The molecule has 0 aliphatic carbocycles. The van der Waals surface area contributed by atoms with Gasteiger partial charge in [0, 0.05) is 11.4 Å². The van der Waals surface area contributed by atoms with Gasteiger partial charge in [0.25, 0.3) is 5.91 Å². The number of ether oxygens (including phenoxy) is 1. The molecule has 0 spiro atoms. The topological polar surface area (TPSA) is 98.1 Å². The Kier molecular flexibility index (Phi) is 7.64. The van der Waals surface area contributed by atoms with Gasteiger partial charge in [-0.15, -0.1) is 5.10 Å². The molecule has 2 aromatic carbocycles. The number of benzene rings is 2. The minimum atomic E-state index is -0.549. The summed E-state index contributed by atoms with van der Waals surface area (Å²) in [5.74, 6) is -0.411. The van der Waals surface area contributed by atoms with Crippen LogP contribution in [0, 0.1) is 0 Å². The third kappa shape index (κ3) is 6.47. The van der Waals surface area contributed by atoms with Crippen molar-refractivity contribution in [1.29, 1.82) is 0 Å². The van der Waals surface area contributed by atoms with Gasteiger partial charge in [0.2, 0.25) is 5.91 Å². The SMILES string of the molecule is O=C(CCCOc1ccc(Cl)cc1Cl)NNC(=O)c1cn(Cc2ccccc2)nn1. The van der Waals surface area contributed by atoms with Gasteiger partial charge in [-0.1, -0.05) is 58.7 Å². The van der Waals surface area contributed by atoms with Crippen molar-refractivity contribution in [2.75, 3.05) is 6.61 Å². The van der Waals surface area contributed by atoms with Gasteiger partial charge in [0.1, 0.15) is 5.75 Å². The maximum Gasteiger partial charge on any atom is 0.291 e.